The third-order valence-electron chi connectivity index (χ3n) is 6.09. The minimum atomic E-state index is 0. The molecule has 2 unspecified atom stereocenters. The van der Waals surface area contributed by atoms with Gasteiger partial charge in [-0.1, -0.05) is 25.0 Å². The van der Waals surface area contributed by atoms with Gasteiger partial charge in [-0.2, -0.15) is 0 Å². The highest BCUT2D eigenvalue weighted by molar-refractivity contribution is 6.08. The van der Waals surface area contributed by atoms with Crippen molar-refractivity contribution in [3.63, 3.8) is 0 Å². The second-order valence-electron chi connectivity index (χ2n) is 8.38. The SMILES string of the molecule is COc1cccc2c(C(=O)N3CC(C)NC(C)C3)cn(CC3CCCC3)c12.Cl. The number of fused-ring (bicyclic) bond motifs is 1. The lowest BCUT2D eigenvalue weighted by Gasteiger charge is -2.36. The van der Waals surface area contributed by atoms with Crippen LogP contribution in [0.15, 0.2) is 24.4 Å². The van der Waals surface area contributed by atoms with Crippen LogP contribution in [0.4, 0.5) is 0 Å². The molecule has 4 rings (SSSR count). The van der Waals surface area contributed by atoms with Crippen LogP contribution < -0.4 is 10.1 Å². The molecule has 2 aromatic rings. The lowest BCUT2D eigenvalue weighted by molar-refractivity contribution is 0.0675. The van der Waals surface area contributed by atoms with E-state index in [0.29, 0.717) is 18.0 Å². The Morgan fingerprint density at radius 2 is 1.86 bits per heavy atom. The van der Waals surface area contributed by atoms with Crippen molar-refractivity contribution in [3.8, 4) is 5.75 Å². The van der Waals surface area contributed by atoms with Gasteiger partial charge in [0, 0.05) is 43.3 Å². The van der Waals surface area contributed by atoms with E-state index in [-0.39, 0.29) is 18.3 Å². The van der Waals surface area contributed by atoms with Gasteiger partial charge in [0.2, 0.25) is 0 Å². The molecule has 1 saturated heterocycles. The lowest BCUT2D eigenvalue weighted by Crippen LogP contribution is -2.55. The molecule has 1 aromatic heterocycles. The van der Waals surface area contributed by atoms with Crippen LogP contribution in [0.2, 0.25) is 0 Å². The molecule has 1 aromatic carbocycles. The molecule has 5 nitrogen and oxygen atoms in total. The average Bonchev–Trinajstić information content (AvgIpc) is 3.28. The molecule has 2 heterocycles. The second kappa shape index (κ2) is 8.75. The van der Waals surface area contributed by atoms with Crippen molar-refractivity contribution in [1.82, 2.24) is 14.8 Å². The highest BCUT2D eigenvalue weighted by Gasteiger charge is 2.28. The molecule has 0 spiro atoms. The van der Waals surface area contributed by atoms with E-state index < -0.39 is 0 Å². The highest BCUT2D eigenvalue weighted by atomic mass is 35.5. The fourth-order valence-electron chi connectivity index (χ4n) is 4.94. The molecule has 28 heavy (non-hydrogen) atoms. The van der Waals surface area contributed by atoms with Crippen molar-refractivity contribution >= 4 is 29.2 Å². The van der Waals surface area contributed by atoms with Crippen LogP contribution in [0.5, 0.6) is 5.75 Å². The number of rotatable bonds is 4. The zero-order valence-corrected chi connectivity index (χ0v) is 17.9. The number of carbonyl (C=O) groups excluding carboxylic acids is 1. The summed E-state index contributed by atoms with van der Waals surface area (Å²) in [6.45, 7) is 6.76. The van der Waals surface area contributed by atoms with Crippen LogP contribution in [0.1, 0.15) is 49.9 Å². The van der Waals surface area contributed by atoms with Crippen LogP contribution >= 0.6 is 12.4 Å². The molecule has 2 aliphatic rings. The summed E-state index contributed by atoms with van der Waals surface area (Å²) in [7, 11) is 1.71. The normalized spacial score (nSPS) is 23.0. The van der Waals surface area contributed by atoms with E-state index in [1.54, 1.807) is 7.11 Å². The van der Waals surface area contributed by atoms with Gasteiger partial charge in [-0.3, -0.25) is 4.79 Å². The first-order valence-electron chi connectivity index (χ1n) is 10.3. The number of aromatic nitrogens is 1. The molecule has 1 saturated carbocycles. The maximum Gasteiger partial charge on any atom is 0.256 e. The summed E-state index contributed by atoms with van der Waals surface area (Å²) in [4.78, 5) is 15.4. The predicted octanol–water partition coefficient (Wildman–Crippen LogP) is 4.08. The highest BCUT2D eigenvalue weighted by Crippen LogP contribution is 2.34. The van der Waals surface area contributed by atoms with Gasteiger partial charge in [0.15, 0.2) is 0 Å². The third-order valence-corrected chi connectivity index (χ3v) is 6.09. The number of amides is 1. The Kier molecular flexibility index (Phi) is 6.56. The quantitative estimate of drug-likeness (QED) is 0.833. The Morgan fingerprint density at radius 1 is 1.18 bits per heavy atom. The number of nitrogens with zero attached hydrogens (tertiary/aromatic N) is 2. The van der Waals surface area contributed by atoms with E-state index in [1.165, 1.54) is 25.7 Å². The Morgan fingerprint density at radius 3 is 2.50 bits per heavy atom. The maximum absolute atomic E-state index is 13.4. The van der Waals surface area contributed by atoms with Crippen molar-refractivity contribution in [1.29, 1.82) is 0 Å². The van der Waals surface area contributed by atoms with Gasteiger partial charge in [0.05, 0.1) is 18.2 Å². The Bertz CT molecular complexity index is 819. The van der Waals surface area contributed by atoms with Gasteiger partial charge in [-0.15, -0.1) is 12.4 Å². The Balaban J connectivity index is 0.00000225. The first-order valence-corrected chi connectivity index (χ1v) is 10.3. The summed E-state index contributed by atoms with van der Waals surface area (Å²) < 4.78 is 7.92. The molecular weight excluding hydrogens is 374 g/mol. The van der Waals surface area contributed by atoms with Crippen LogP contribution in [0.25, 0.3) is 10.9 Å². The molecule has 1 N–H and O–H groups in total. The number of piperazine rings is 1. The summed E-state index contributed by atoms with van der Waals surface area (Å²) >= 11 is 0. The van der Waals surface area contributed by atoms with E-state index >= 15 is 0 Å². The number of methoxy groups -OCH3 is 1. The first kappa shape index (κ1) is 21.0. The van der Waals surface area contributed by atoms with Crippen LogP contribution in [0.3, 0.4) is 0 Å². The third kappa shape index (κ3) is 4.01. The van der Waals surface area contributed by atoms with Gasteiger partial charge >= 0.3 is 0 Å². The molecular formula is C22H32ClN3O2. The number of benzene rings is 1. The lowest BCUT2D eigenvalue weighted by atomic mass is 10.1. The van der Waals surface area contributed by atoms with Gasteiger partial charge in [0.25, 0.3) is 5.91 Å². The zero-order valence-electron chi connectivity index (χ0n) is 17.1. The number of ether oxygens (including phenoxy) is 1. The fraction of sp³-hybridized carbons (Fsp3) is 0.591. The molecule has 2 fully saturated rings. The van der Waals surface area contributed by atoms with Gasteiger partial charge < -0.3 is 19.5 Å². The topological polar surface area (TPSA) is 46.5 Å². The van der Waals surface area contributed by atoms with Crippen LogP contribution in [0, 0.1) is 5.92 Å². The number of para-hydroxylation sites is 1. The van der Waals surface area contributed by atoms with Gasteiger partial charge in [-0.25, -0.2) is 0 Å². The summed E-state index contributed by atoms with van der Waals surface area (Å²) in [6, 6.07) is 6.68. The minimum Gasteiger partial charge on any atom is -0.495 e. The van der Waals surface area contributed by atoms with Crippen LogP contribution in [-0.4, -0.2) is 47.7 Å². The fourth-order valence-corrected chi connectivity index (χ4v) is 4.94. The molecule has 0 bridgehead atoms. The number of hydrogen-bond donors (Lipinski definition) is 1. The van der Waals surface area contributed by atoms with E-state index in [9.17, 15) is 4.79 Å². The number of carbonyl (C=O) groups is 1. The maximum atomic E-state index is 13.4. The van der Waals surface area contributed by atoms with Crippen molar-refractivity contribution in [3.05, 3.63) is 30.0 Å². The van der Waals surface area contributed by atoms with Crippen molar-refractivity contribution in [2.75, 3.05) is 20.2 Å². The Hall–Kier alpha value is -1.72. The number of halogens is 1. The summed E-state index contributed by atoms with van der Waals surface area (Å²) in [5.41, 5.74) is 1.87. The molecule has 1 aliphatic heterocycles. The largest absolute Gasteiger partial charge is 0.495 e. The smallest absolute Gasteiger partial charge is 0.256 e. The minimum absolute atomic E-state index is 0. The first-order chi connectivity index (χ1) is 13.1. The number of nitrogens with one attached hydrogen (secondary N) is 1. The summed E-state index contributed by atoms with van der Waals surface area (Å²) in [5.74, 6) is 1.69. The monoisotopic (exact) mass is 405 g/mol. The molecule has 2 atom stereocenters. The van der Waals surface area contributed by atoms with Gasteiger partial charge in [-0.05, 0) is 38.7 Å². The van der Waals surface area contributed by atoms with Gasteiger partial charge in [0.1, 0.15) is 5.75 Å². The molecule has 0 radical (unpaired) electrons. The van der Waals surface area contributed by atoms with Crippen molar-refractivity contribution < 1.29 is 9.53 Å². The Labute approximate surface area is 173 Å². The van der Waals surface area contributed by atoms with E-state index in [0.717, 1.165) is 41.9 Å². The number of hydrogen-bond acceptors (Lipinski definition) is 3. The summed E-state index contributed by atoms with van der Waals surface area (Å²) in [5, 5.41) is 4.52. The van der Waals surface area contributed by atoms with E-state index in [4.69, 9.17) is 4.74 Å². The predicted molar refractivity (Wildman–Crippen MR) is 116 cm³/mol. The average molecular weight is 406 g/mol. The standard InChI is InChI=1S/C22H31N3O2.ClH/c1-15-11-25(12-16(2)23-15)22(26)19-14-24(13-17-7-4-5-8-17)21-18(19)9-6-10-20(21)27-3;/h6,9-10,14-17,23H,4-5,7-8,11-13H2,1-3H3;1H. The summed E-state index contributed by atoms with van der Waals surface area (Å²) in [6.07, 6.45) is 7.29. The zero-order chi connectivity index (χ0) is 19.0. The van der Waals surface area contributed by atoms with Crippen molar-refractivity contribution in [2.24, 2.45) is 5.92 Å². The second-order valence-corrected chi connectivity index (χ2v) is 8.38. The van der Waals surface area contributed by atoms with Crippen LogP contribution in [-0.2, 0) is 6.54 Å². The molecule has 154 valence electrons. The molecule has 6 heteroatoms. The van der Waals surface area contributed by atoms with E-state index in [1.807, 2.05) is 17.0 Å². The van der Waals surface area contributed by atoms with Crippen molar-refractivity contribution in [2.45, 2.75) is 58.2 Å². The molecule has 1 aliphatic carbocycles. The molecule has 1 amide bonds. The van der Waals surface area contributed by atoms with E-state index in [2.05, 4.69) is 36.0 Å².